The molecule has 1 amide bonds. The third-order valence-corrected chi connectivity index (χ3v) is 10.9. The van der Waals surface area contributed by atoms with E-state index in [4.69, 9.17) is 9.47 Å². The van der Waals surface area contributed by atoms with Crippen LogP contribution in [0.5, 0.6) is 0 Å². The van der Waals surface area contributed by atoms with Crippen LogP contribution in [0.15, 0.2) is 0 Å². The molecular weight excluding hydrogens is 373 g/mol. The summed E-state index contributed by atoms with van der Waals surface area (Å²) in [5, 5.41) is 3.89. The number of hydrogen-bond donors (Lipinski definition) is 1. The fourth-order valence-electron chi connectivity index (χ4n) is 5.73. The summed E-state index contributed by atoms with van der Waals surface area (Å²) in [6, 6.07) is 0. The average Bonchev–Trinajstić information content (AvgIpc) is 3.05. The summed E-state index contributed by atoms with van der Waals surface area (Å²) < 4.78 is 11.5. The third-order valence-electron chi connectivity index (χ3n) is 7.50. The molecule has 4 rings (SSSR count). The fourth-order valence-corrected chi connectivity index (χ4v) is 9.98. The van der Waals surface area contributed by atoms with Crippen LogP contribution in [0.25, 0.3) is 0 Å². The maximum atomic E-state index is 11.9. The number of alkyl carbamates (subject to hydrolysis) is 1. The first-order valence-electron chi connectivity index (χ1n) is 9.08. The van der Waals surface area contributed by atoms with Crippen molar-refractivity contribution in [1.82, 2.24) is 5.32 Å². The van der Waals surface area contributed by atoms with Gasteiger partial charge in [0.1, 0.15) is 0 Å². The van der Waals surface area contributed by atoms with Crippen LogP contribution in [0.4, 0.5) is 4.79 Å². The van der Waals surface area contributed by atoms with E-state index >= 15 is 0 Å². The van der Waals surface area contributed by atoms with E-state index in [0.717, 1.165) is 24.6 Å². The molecule has 2 saturated carbocycles. The topological polar surface area (TPSA) is 64.6 Å². The van der Waals surface area contributed by atoms with Crippen LogP contribution >= 0.6 is 0 Å². The predicted molar refractivity (Wildman–Crippen MR) is 89.9 cm³/mol. The number of cyclic esters (lactones) is 1. The van der Waals surface area contributed by atoms with E-state index in [-0.39, 0.29) is 34.6 Å². The summed E-state index contributed by atoms with van der Waals surface area (Å²) in [4.78, 5) is 23.9. The Kier molecular flexibility index (Phi) is 3.74. The summed E-state index contributed by atoms with van der Waals surface area (Å²) in [7, 11) is 0. The predicted octanol–water partition coefficient (Wildman–Crippen LogP) is 2.93. The van der Waals surface area contributed by atoms with Gasteiger partial charge in [0.25, 0.3) is 0 Å². The molecule has 0 radical (unpaired) electrons. The first kappa shape index (κ1) is 16.7. The Bertz CT molecular complexity index is 579. The van der Waals surface area contributed by atoms with Crippen molar-refractivity contribution in [3.05, 3.63) is 0 Å². The molecule has 2 heterocycles. The Hall–Kier alpha value is -0.741. The molecule has 2 saturated heterocycles. The Morgan fingerprint density at radius 3 is 2.71 bits per heavy atom. The fraction of sp³-hybridized carbons (Fsp3) is 0.889. The second-order valence-corrected chi connectivity index (χ2v) is 11.1. The van der Waals surface area contributed by atoms with Gasteiger partial charge in [0.15, 0.2) is 0 Å². The molecule has 5 atom stereocenters. The quantitative estimate of drug-likeness (QED) is 0.585. The minimum atomic E-state index is -0.366. The SMILES string of the molecule is CC1(C)[C@@H]2CC[C@@]1(C)[C@@]1(CNC(=O)O1)[C@H]2[Se]C[C@@H]1CCCC(=O)O1. The first-order chi connectivity index (χ1) is 11.3. The second kappa shape index (κ2) is 5.38. The van der Waals surface area contributed by atoms with E-state index in [1.165, 1.54) is 6.42 Å². The van der Waals surface area contributed by atoms with Crippen molar-refractivity contribution in [1.29, 1.82) is 0 Å². The molecule has 5 nitrogen and oxygen atoms in total. The van der Waals surface area contributed by atoms with E-state index in [9.17, 15) is 9.59 Å². The molecule has 24 heavy (non-hydrogen) atoms. The summed E-state index contributed by atoms with van der Waals surface area (Å²) in [6.07, 6.45) is 4.65. The molecule has 2 bridgehead atoms. The van der Waals surface area contributed by atoms with Gasteiger partial charge in [-0.05, 0) is 0 Å². The number of amides is 1. The van der Waals surface area contributed by atoms with Crippen molar-refractivity contribution >= 4 is 27.0 Å². The minimum absolute atomic E-state index is 0.0273. The molecule has 6 heteroatoms. The number of nitrogens with one attached hydrogen (secondary N) is 1. The van der Waals surface area contributed by atoms with Gasteiger partial charge in [0.2, 0.25) is 0 Å². The number of esters is 1. The van der Waals surface area contributed by atoms with Crippen LogP contribution in [-0.2, 0) is 14.3 Å². The van der Waals surface area contributed by atoms with Crippen molar-refractivity contribution < 1.29 is 19.1 Å². The number of carbonyl (C=O) groups excluding carboxylic acids is 2. The molecule has 134 valence electrons. The molecule has 4 aliphatic rings. The van der Waals surface area contributed by atoms with Gasteiger partial charge in [-0.15, -0.1) is 0 Å². The van der Waals surface area contributed by atoms with E-state index in [2.05, 4.69) is 26.1 Å². The summed E-state index contributed by atoms with van der Waals surface area (Å²) >= 11 is 0.300. The zero-order valence-electron chi connectivity index (χ0n) is 14.7. The van der Waals surface area contributed by atoms with Crippen LogP contribution in [-0.4, -0.2) is 45.3 Å². The normalized spacial score (nSPS) is 46.0. The van der Waals surface area contributed by atoms with Crippen molar-refractivity contribution in [2.45, 2.75) is 74.7 Å². The molecule has 0 aromatic rings. The summed E-state index contributed by atoms with van der Waals surface area (Å²) in [5.74, 6) is 0.542. The van der Waals surface area contributed by atoms with Crippen molar-refractivity contribution in [2.24, 2.45) is 16.7 Å². The van der Waals surface area contributed by atoms with Crippen LogP contribution in [0.1, 0.15) is 52.9 Å². The second-order valence-electron chi connectivity index (χ2n) is 8.59. The molecule has 0 unspecified atom stereocenters. The Morgan fingerprint density at radius 2 is 2.04 bits per heavy atom. The zero-order valence-corrected chi connectivity index (χ0v) is 16.4. The van der Waals surface area contributed by atoms with Gasteiger partial charge in [-0.3, -0.25) is 0 Å². The molecule has 2 aliphatic heterocycles. The zero-order chi connectivity index (χ0) is 17.2. The van der Waals surface area contributed by atoms with Crippen LogP contribution in [0, 0.1) is 16.7 Å². The Morgan fingerprint density at radius 1 is 1.25 bits per heavy atom. The summed E-state index contributed by atoms with van der Waals surface area (Å²) in [5.41, 5.74) is -0.163. The Labute approximate surface area is 149 Å². The van der Waals surface area contributed by atoms with E-state index < -0.39 is 0 Å². The molecule has 0 aromatic carbocycles. The number of fused-ring (bicyclic) bond motifs is 3. The third kappa shape index (κ3) is 2.05. The van der Waals surface area contributed by atoms with Gasteiger partial charge < -0.3 is 0 Å². The van der Waals surface area contributed by atoms with Gasteiger partial charge in [0.05, 0.1) is 0 Å². The first-order valence-corrected chi connectivity index (χ1v) is 11.3. The molecule has 2 aliphatic carbocycles. The van der Waals surface area contributed by atoms with Crippen molar-refractivity contribution in [2.75, 3.05) is 6.54 Å². The number of rotatable bonds is 3. The van der Waals surface area contributed by atoms with Crippen LogP contribution in [0.2, 0.25) is 10.1 Å². The number of ether oxygens (including phenoxy) is 2. The van der Waals surface area contributed by atoms with Gasteiger partial charge >= 0.3 is 149 Å². The molecule has 4 fully saturated rings. The Balaban J connectivity index is 1.57. The molecule has 0 aromatic heterocycles. The molecule has 1 N–H and O–H groups in total. The van der Waals surface area contributed by atoms with Crippen molar-refractivity contribution in [3.8, 4) is 0 Å². The number of carbonyl (C=O) groups is 2. The van der Waals surface area contributed by atoms with Crippen LogP contribution in [0.3, 0.4) is 0 Å². The van der Waals surface area contributed by atoms with Crippen molar-refractivity contribution in [3.63, 3.8) is 0 Å². The average molecular weight is 400 g/mol. The molecule has 1 spiro atoms. The van der Waals surface area contributed by atoms with E-state index in [1.807, 2.05) is 0 Å². The van der Waals surface area contributed by atoms with Gasteiger partial charge in [-0.1, -0.05) is 0 Å². The monoisotopic (exact) mass is 401 g/mol. The van der Waals surface area contributed by atoms with Gasteiger partial charge in [-0.25, -0.2) is 0 Å². The van der Waals surface area contributed by atoms with Gasteiger partial charge in [-0.2, -0.15) is 0 Å². The van der Waals surface area contributed by atoms with E-state index in [1.54, 1.807) is 0 Å². The molecular formula is C18H27NO4Se. The van der Waals surface area contributed by atoms with E-state index in [0.29, 0.717) is 38.7 Å². The maximum absolute atomic E-state index is 11.9. The summed E-state index contributed by atoms with van der Waals surface area (Å²) in [6.45, 7) is 7.67. The number of hydrogen-bond acceptors (Lipinski definition) is 4. The standard InChI is InChI=1S/C18H27NO4Se/c1-16(2)12-7-8-17(16,3)18(10-19-15(21)23-18)14(12)24-9-11-5-4-6-13(20)22-11/h11-12,14H,4-10H2,1-3H3,(H,19,21)/t11-,12+,14-,17+,18+/m0/s1. The van der Waals surface area contributed by atoms with Gasteiger partial charge in [0, 0.05) is 0 Å². The van der Waals surface area contributed by atoms with Crippen LogP contribution < -0.4 is 5.32 Å².